The lowest BCUT2D eigenvalue weighted by Crippen LogP contribution is -2.40. The number of carboxylic acid groups (broad SMARTS) is 1. The summed E-state index contributed by atoms with van der Waals surface area (Å²) in [5.41, 5.74) is 1.11. The number of carbonyl (C=O) groups excluding carboxylic acids is 1. The molecule has 2 heterocycles. The molecule has 1 N–H and O–H groups in total. The van der Waals surface area contributed by atoms with E-state index in [0.717, 1.165) is 12.2 Å². The zero-order valence-corrected chi connectivity index (χ0v) is 9.80. The average Bonchev–Trinajstić information content (AvgIpc) is 2.75. The lowest BCUT2D eigenvalue weighted by atomic mass is 10.1. The number of amides is 1. The third-order valence-corrected chi connectivity index (χ3v) is 3.22. The molecular formula is C12H16N2O3. The molecule has 1 aromatic heterocycles. The van der Waals surface area contributed by atoms with Crippen LogP contribution in [0.3, 0.4) is 0 Å². The van der Waals surface area contributed by atoms with E-state index in [1.54, 1.807) is 4.90 Å². The van der Waals surface area contributed by atoms with Crippen LogP contribution in [0.15, 0.2) is 18.3 Å². The maximum atomic E-state index is 11.9. The van der Waals surface area contributed by atoms with Crippen molar-refractivity contribution < 1.29 is 14.7 Å². The van der Waals surface area contributed by atoms with Crippen molar-refractivity contribution in [2.75, 3.05) is 6.54 Å². The van der Waals surface area contributed by atoms with Gasteiger partial charge in [0.1, 0.15) is 0 Å². The predicted molar refractivity (Wildman–Crippen MR) is 61.4 cm³/mol. The van der Waals surface area contributed by atoms with Crippen LogP contribution in [0.4, 0.5) is 0 Å². The molecule has 0 radical (unpaired) electrons. The van der Waals surface area contributed by atoms with Crippen molar-refractivity contribution >= 4 is 11.9 Å². The number of fused-ring (bicyclic) bond motifs is 1. The highest BCUT2D eigenvalue weighted by molar-refractivity contribution is 5.81. The van der Waals surface area contributed by atoms with Crippen LogP contribution < -0.4 is 0 Å². The van der Waals surface area contributed by atoms with E-state index in [-0.39, 0.29) is 24.8 Å². The molecule has 92 valence electrons. The van der Waals surface area contributed by atoms with Crippen LogP contribution in [0.2, 0.25) is 0 Å². The Kier molecular flexibility index (Phi) is 3.17. The Balaban J connectivity index is 2.04. The van der Waals surface area contributed by atoms with Gasteiger partial charge in [0, 0.05) is 31.4 Å². The molecule has 0 fully saturated rings. The molecular weight excluding hydrogens is 220 g/mol. The van der Waals surface area contributed by atoms with Gasteiger partial charge in [-0.25, -0.2) is 0 Å². The Hall–Kier alpha value is -1.78. The van der Waals surface area contributed by atoms with Gasteiger partial charge in [-0.05, 0) is 19.1 Å². The molecule has 5 heteroatoms. The molecule has 2 rings (SSSR count). The molecule has 1 aromatic rings. The van der Waals surface area contributed by atoms with E-state index >= 15 is 0 Å². The topological polar surface area (TPSA) is 62.5 Å². The third kappa shape index (κ3) is 2.33. The number of aromatic nitrogens is 1. The van der Waals surface area contributed by atoms with E-state index in [4.69, 9.17) is 5.11 Å². The number of hydrogen-bond acceptors (Lipinski definition) is 2. The minimum Gasteiger partial charge on any atom is -0.481 e. The molecule has 0 saturated carbocycles. The number of aliphatic carboxylic acids is 1. The number of carbonyl (C=O) groups is 2. The molecule has 1 aliphatic heterocycles. The second-order valence-corrected chi connectivity index (χ2v) is 4.28. The predicted octanol–water partition coefficient (Wildman–Crippen LogP) is 1.26. The number of carboxylic acids is 1. The molecule has 1 aliphatic rings. The standard InChI is InChI=1S/C12H16N2O3/c1-9-10-3-2-6-13(10)7-8-14(9)11(15)4-5-12(16)17/h2-3,6,9H,4-5,7-8H2,1H3,(H,16,17). The molecule has 0 aliphatic carbocycles. The zero-order valence-electron chi connectivity index (χ0n) is 9.80. The highest BCUT2D eigenvalue weighted by Crippen LogP contribution is 2.25. The maximum Gasteiger partial charge on any atom is 0.303 e. The Morgan fingerprint density at radius 1 is 1.41 bits per heavy atom. The maximum absolute atomic E-state index is 11.9. The Morgan fingerprint density at radius 3 is 2.88 bits per heavy atom. The minimum absolute atomic E-state index is 0.0278. The Bertz CT molecular complexity index is 439. The zero-order chi connectivity index (χ0) is 12.4. The SMILES string of the molecule is CC1c2cccn2CCN1C(=O)CCC(=O)O. The van der Waals surface area contributed by atoms with Crippen molar-refractivity contribution in [3.05, 3.63) is 24.0 Å². The number of rotatable bonds is 3. The number of hydrogen-bond donors (Lipinski definition) is 1. The molecule has 0 spiro atoms. The van der Waals surface area contributed by atoms with E-state index < -0.39 is 5.97 Å². The van der Waals surface area contributed by atoms with Gasteiger partial charge in [0.15, 0.2) is 0 Å². The van der Waals surface area contributed by atoms with E-state index in [1.165, 1.54) is 0 Å². The second kappa shape index (κ2) is 4.61. The van der Waals surface area contributed by atoms with Crippen LogP contribution in [-0.2, 0) is 16.1 Å². The first kappa shape index (κ1) is 11.7. The van der Waals surface area contributed by atoms with Gasteiger partial charge in [0.2, 0.25) is 5.91 Å². The quantitative estimate of drug-likeness (QED) is 0.859. The van der Waals surface area contributed by atoms with Gasteiger partial charge in [0.05, 0.1) is 12.5 Å². The normalized spacial score (nSPS) is 18.9. The van der Waals surface area contributed by atoms with Gasteiger partial charge >= 0.3 is 5.97 Å². The van der Waals surface area contributed by atoms with E-state index in [2.05, 4.69) is 4.57 Å². The van der Waals surface area contributed by atoms with E-state index in [9.17, 15) is 9.59 Å². The molecule has 0 bridgehead atoms. The van der Waals surface area contributed by atoms with Crippen LogP contribution in [0, 0.1) is 0 Å². The summed E-state index contributed by atoms with van der Waals surface area (Å²) >= 11 is 0. The molecule has 1 unspecified atom stereocenters. The first-order chi connectivity index (χ1) is 8.09. The van der Waals surface area contributed by atoms with Crippen LogP contribution >= 0.6 is 0 Å². The van der Waals surface area contributed by atoms with Crippen molar-refractivity contribution in [1.29, 1.82) is 0 Å². The average molecular weight is 236 g/mol. The fraction of sp³-hybridized carbons (Fsp3) is 0.500. The lowest BCUT2D eigenvalue weighted by molar-refractivity contribution is -0.142. The van der Waals surface area contributed by atoms with Gasteiger partial charge in [-0.3, -0.25) is 9.59 Å². The van der Waals surface area contributed by atoms with Crippen molar-refractivity contribution in [2.45, 2.75) is 32.4 Å². The van der Waals surface area contributed by atoms with Crippen molar-refractivity contribution in [3.8, 4) is 0 Å². The first-order valence-electron chi connectivity index (χ1n) is 5.76. The largest absolute Gasteiger partial charge is 0.481 e. The fourth-order valence-corrected chi connectivity index (χ4v) is 2.28. The smallest absolute Gasteiger partial charge is 0.303 e. The van der Waals surface area contributed by atoms with Crippen LogP contribution in [-0.4, -0.2) is 33.0 Å². The molecule has 17 heavy (non-hydrogen) atoms. The van der Waals surface area contributed by atoms with E-state index in [0.29, 0.717) is 6.54 Å². The molecule has 5 nitrogen and oxygen atoms in total. The summed E-state index contributed by atoms with van der Waals surface area (Å²) in [5, 5.41) is 8.58. The van der Waals surface area contributed by atoms with Gasteiger partial charge in [0.25, 0.3) is 0 Å². The summed E-state index contributed by atoms with van der Waals surface area (Å²) in [6, 6.07) is 4.00. The van der Waals surface area contributed by atoms with Crippen molar-refractivity contribution in [3.63, 3.8) is 0 Å². The minimum atomic E-state index is -0.925. The molecule has 1 atom stereocenters. The highest BCUT2D eigenvalue weighted by Gasteiger charge is 2.27. The summed E-state index contributed by atoms with van der Waals surface area (Å²) < 4.78 is 2.13. The second-order valence-electron chi connectivity index (χ2n) is 4.28. The fourth-order valence-electron chi connectivity index (χ4n) is 2.28. The Morgan fingerprint density at radius 2 is 2.18 bits per heavy atom. The third-order valence-electron chi connectivity index (χ3n) is 3.22. The van der Waals surface area contributed by atoms with Crippen molar-refractivity contribution in [1.82, 2.24) is 9.47 Å². The molecule has 0 saturated heterocycles. The van der Waals surface area contributed by atoms with Gasteiger partial charge in [-0.15, -0.1) is 0 Å². The van der Waals surface area contributed by atoms with Gasteiger partial charge < -0.3 is 14.6 Å². The summed E-state index contributed by atoms with van der Waals surface area (Å²) in [6.07, 6.45) is 1.99. The number of nitrogens with zero attached hydrogens (tertiary/aromatic N) is 2. The van der Waals surface area contributed by atoms with Crippen LogP contribution in [0.5, 0.6) is 0 Å². The first-order valence-corrected chi connectivity index (χ1v) is 5.76. The van der Waals surface area contributed by atoms with Crippen molar-refractivity contribution in [2.24, 2.45) is 0 Å². The molecule has 0 aromatic carbocycles. The van der Waals surface area contributed by atoms with Gasteiger partial charge in [-0.1, -0.05) is 0 Å². The lowest BCUT2D eigenvalue weighted by Gasteiger charge is -2.35. The monoisotopic (exact) mass is 236 g/mol. The van der Waals surface area contributed by atoms with Gasteiger partial charge in [-0.2, -0.15) is 0 Å². The molecule has 1 amide bonds. The summed E-state index contributed by atoms with van der Waals surface area (Å²) in [7, 11) is 0. The summed E-state index contributed by atoms with van der Waals surface area (Å²) in [6.45, 7) is 3.41. The Labute approximate surface area is 99.6 Å². The van der Waals surface area contributed by atoms with Crippen LogP contribution in [0.1, 0.15) is 31.5 Å². The summed E-state index contributed by atoms with van der Waals surface area (Å²) in [5.74, 6) is -1.00. The van der Waals surface area contributed by atoms with E-state index in [1.807, 2.05) is 25.3 Å². The highest BCUT2D eigenvalue weighted by atomic mass is 16.4. The summed E-state index contributed by atoms with van der Waals surface area (Å²) in [4.78, 5) is 24.1. The van der Waals surface area contributed by atoms with Crippen LogP contribution in [0.25, 0.3) is 0 Å².